The first-order valence-electron chi connectivity index (χ1n) is 7.35. The summed E-state index contributed by atoms with van der Waals surface area (Å²) in [6, 6.07) is 1.99. The molecule has 0 radical (unpaired) electrons. The molecule has 0 saturated carbocycles. The number of imidazole rings is 1. The van der Waals surface area contributed by atoms with E-state index in [0.717, 1.165) is 29.6 Å². The largest absolute Gasteiger partial charge is 0.327 e. The number of rotatable bonds is 4. The van der Waals surface area contributed by atoms with Gasteiger partial charge in [-0.15, -0.1) is 0 Å². The fraction of sp³-hybridized carbons (Fsp3) is 0.400. The number of hydrogen-bond donors (Lipinski definition) is 1. The topological polar surface area (TPSA) is 68.5 Å². The van der Waals surface area contributed by atoms with Crippen LogP contribution in [0, 0.1) is 0 Å². The molecule has 0 unspecified atom stereocenters. The third-order valence-electron chi connectivity index (χ3n) is 3.97. The maximum Gasteiger partial charge on any atom is 0.327 e. The van der Waals surface area contributed by atoms with Gasteiger partial charge in [0.05, 0.1) is 16.2 Å². The second kappa shape index (κ2) is 5.61. The normalized spacial score (nSPS) is 11.7. The number of aryl methyl sites for hydroxylation is 1. The van der Waals surface area contributed by atoms with Crippen LogP contribution in [0.2, 0.25) is 5.02 Å². The fourth-order valence-corrected chi connectivity index (χ4v) is 3.10. The highest BCUT2D eigenvalue weighted by Gasteiger charge is 2.21. The third kappa shape index (κ3) is 2.23. The molecular formula is C15H18ClN5O. The summed E-state index contributed by atoms with van der Waals surface area (Å²) in [7, 11) is 1.85. The van der Waals surface area contributed by atoms with Gasteiger partial charge in [-0.05, 0) is 18.9 Å². The quantitative estimate of drug-likeness (QED) is 0.803. The van der Waals surface area contributed by atoms with Gasteiger partial charge < -0.3 is 0 Å². The highest BCUT2D eigenvalue weighted by Crippen LogP contribution is 2.33. The molecule has 22 heavy (non-hydrogen) atoms. The number of nitrogens with one attached hydrogen (secondary N) is 1. The van der Waals surface area contributed by atoms with Gasteiger partial charge in [0.1, 0.15) is 0 Å². The standard InChI is InChI=1S/C15H18ClN5O/c1-4-9(5-2)21-13-12(11-6-7-20(3)19-11)10(16)8-17-14(13)18-15(21)22/h6-9H,4-5H2,1-3H3,(H,17,18,22). The highest BCUT2D eigenvalue weighted by atomic mass is 35.5. The van der Waals surface area contributed by atoms with E-state index in [1.54, 1.807) is 15.4 Å². The average molecular weight is 320 g/mol. The number of fused-ring (bicyclic) bond motifs is 1. The molecule has 3 aromatic rings. The van der Waals surface area contributed by atoms with Crippen molar-refractivity contribution in [2.75, 3.05) is 0 Å². The highest BCUT2D eigenvalue weighted by molar-refractivity contribution is 6.34. The Morgan fingerprint density at radius 1 is 1.36 bits per heavy atom. The molecule has 0 amide bonds. The Morgan fingerprint density at radius 2 is 2.09 bits per heavy atom. The number of nitrogens with zero attached hydrogens (tertiary/aromatic N) is 4. The first kappa shape index (κ1) is 14.8. The number of halogens is 1. The van der Waals surface area contributed by atoms with Gasteiger partial charge in [0.25, 0.3) is 0 Å². The van der Waals surface area contributed by atoms with E-state index >= 15 is 0 Å². The van der Waals surface area contributed by atoms with Crippen LogP contribution in [0.15, 0.2) is 23.3 Å². The molecule has 0 saturated heterocycles. The van der Waals surface area contributed by atoms with Crippen LogP contribution in [0.25, 0.3) is 22.4 Å². The van der Waals surface area contributed by atoms with Crippen LogP contribution in [0.4, 0.5) is 0 Å². The Balaban J connectivity index is 2.40. The molecule has 0 aliphatic carbocycles. The fourth-order valence-electron chi connectivity index (χ4n) is 2.86. The maximum atomic E-state index is 12.4. The number of aromatic amines is 1. The molecule has 116 valence electrons. The van der Waals surface area contributed by atoms with E-state index in [4.69, 9.17) is 11.6 Å². The average Bonchev–Trinajstić information content (AvgIpc) is 3.05. The summed E-state index contributed by atoms with van der Waals surface area (Å²) in [5, 5.41) is 4.92. The van der Waals surface area contributed by atoms with Gasteiger partial charge in [-0.25, -0.2) is 9.78 Å². The van der Waals surface area contributed by atoms with Crippen molar-refractivity contribution in [2.45, 2.75) is 32.7 Å². The van der Waals surface area contributed by atoms with Crippen molar-refractivity contribution < 1.29 is 0 Å². The van der Waals surface area contributed by atoms with E-state index < -0.39 is 0 Å². The zero-order valence-electron chi connectivity index (χ0n) is 12.8. The van der Waals surface area contributed by atoms with Crippen molar-refractivity contribution in [3.8, 4) is 11.3 Å². The Labute approximate surface area is 132 Å². The van der Waals surface area contributed by atoms with Crippen molar-refractivity contribution in [2.24, 2.45) is 7.05 Å². The van der Waals surface area contributed by atoms with Crippen molar-refractivity contribution in [1.82, 2.24) is 24.3 Å². The van der Waals surface area contributed by atoms with Gasteiger partial charge in [0.15, 0.2) is 5.65 Å². The number of H-pyrrole nitrogens is 1. The summed E-state index contributed by atoms with van der Waals surface area (Å²) in [5.41, 5.74) is 2.60. The van der Waals surface area contributed by atoms with E-state index in [1.165, 1.54) is 0 Å². The minimum Gasteiger partial charge on any atom is -0.290 e. The van der Waals surface area contributed by atoms with E-state index in [-0.39, 0.29) is 11.7 Å². The molecule has 0 atom stereocenters. The van der Waals surface area contributed by atoms with Gasteiger partial charge in [-0.3, -0.25) is 14.2 Å². The lowest BCUT2D eigenvalue weighted by Gasteiger charge is -2.16. The maximum absolute atomic E-state index is 12.4. The monoisotopic (exact) mass is 319 g/mol. The molecule has 0 fully saturated rings. The van der Waals surface area contributed by atoms with Gasteiger partial charge >= 0.3 is 5.69 Å². The third-order valence-corrected chi connectivity index (χ3v) is 4.26. The Kier molecular flexibility index (Phi) is 3.78. The second-order valence-corrected chi connectivity index (χ2v) is 5.73. The first-order chi connectivity index (χ1) is 10.6. The summed E-state index contributed by atoms with van der Waals surface area (Å²) in [6.45, 7) is 4.13. The van der Waals surface area contributed by atoms with Gasteiger partial charge in [0.2, 0.25) is 0 Å². The van der Waals surface area contributed by atoms with E-state index in [1.807, 2.05) is 19.3 Å². The minimum absolute atomic E-state index is 0.101. The summed E-state index contributed by atoms with van der Waals surface area (Å²) < 4.78 is 3.47. The molecule has 7 heteroatoms. The number of hydrogen-bond acceptors (Lipinski definition) is 3. The van der Waals surface area contributed by atoms with Crippen LogP contribution in [0.5, 0.6) is 0 Å². The van der Waals surface area contributed by atoms with Crippen LogP contribution < -0.4 is 5.69 Å². The van der Waals surface area contributed by atoms with Crippen LogP contribution in [-0.2, 0) is 7.05 Å². The van der Waals surface area contributed by atoms with Crippen LogP contribution in [0.3, 0.4) is 0 Å². The Morgan fingerprint density at radius 3 is 2.68 bits per heavy atom. The predicted octanol–water partition coefficient (Wildman–Crippen LogP) is 3.14. The lowest BCUT2D eigenvalue weighted by atomic mass is 10.1. The zero-order chi connectivity index (χ0) is 15.9. The van der Waals surface area contributed by atoms with Crippen molar-refractivity contribution in [3.05, 3.63) is 34.0 Å². The predicted molar refractivity (Wildman–Crippen MR) is 87.2 cm³/mol. The Bertz CT molecular complexity index is 872. The summed E-state index contributed by atoms with van der Waals surface area (Å²) in [6.07, 6.45) is 5.13. The molecule has 1 N–H and O–H groups in total. The molecule has 3 heterocycles. The molecule has 3 rings (SSSR count). The molecule has 0 aliphatic heterocycles. The number of pyridine rings is 1. The summed E-state index contributed by atoms with van der Waals surface area (Å²) >= 11 is 6.38. The molecule has 0 aliphatic rings. The second-order valence-electron chi connectivity index (χ2n) is 5.32. The van der Waals surface area contributed by atoms with Gasteiger partial charge in [-0.2, -0.15) is 5.10 Å². The van der Waals surface area contributed by atoms with Crippen LogP contribution >= 0.6 is 11.6 Å². The van der Waals surface area contributed by atoms with Crippen LogP contribution in [0.1, 0.15) is 32.7 Å². The molecule has 6 nitrogen and oxygen atoms in total. The van der Waals surface area contributed by atoms with Crippen molar-refractivity contribution in [3.63, 3.8) is 0 Å². The minimum atomic E-state index is -0.157. The summed E-state index contributed by atoms with van der Waals surface area (Å²) in [5.74, 6) is 0. The first-order valence-corrected chi connectivity index (χ1v) is 7.73. The lowest BCUT2D eigenvalue weighted by Crippen LogP contribution is -2.21. The number of aromatic nitrogens is 5. The van der Waals surface area contributed by atoms with E-state index in [2.05, 4.69) is 28.9 Å². The van der Waals surface area contributed by atoms with E-state index in [0.29, 0.717) is 10.7 Å². The lowest BCUT2D eigenvalue weighted by molar-refractivity contribution is 0.471. The Hall–Kier alpha value is -2.08. The van der Waals surface area contributed by atoms with Crippen molar-refractivity contribution in [1.29, 1.82) is 0 Å². The zero-order valence-corrected chi connectivity index (χ0v) is 13.6. The molecule has 0 bridgehead atoms. The molecule has 0 aromatic carbocycles. The van der Waals surface area contributed by atoms with Gasteiger partial charge in [0, 0.05) is 31.0 Å². The van der Waals surface area contributed by atoms with E-state index in [9.17, 15) is 4.79 Å². The molecular weight excluding hydrogens is 302 g/mol. The smallest absolute Gasteiger partial charge is 0.290 e. The van der Waals surface area contributed by atoms with Crippen molar-refractivity contribution >= 4 is 22.8 Å². The molecule has 0 spiro atoms. The van der Waals surface area contributed by atoms with Gasteiger partial charge in [-0.1, -0.05) is 25.4 Å². The summed E-state index contributed by atoms with van der Waals surface area (Å²) in [4.78, 5) is 19.5. The SMILES string of the molecule is CCC(CC)n1c(=O)[nH]c2ncc(Cl)c(-c3ccn(C)n3)c21. The molecule has 3 aromatic heterocycles. The van der Waals surface area contributed by atoms with Crippen LogP contribution in [-0.4, -0.2) is 24.3 Å².